The first kappa shape index (κ1) is 17.2. The zero-order valence-corrected chi connectivity index (χ0v) is 14.1. The second-order valence-corrected chi connectivity index (χ2v) is 6.37. The van der Waals surface area contributed by atoms with E-state index in [1.807, 2.05) is 0 Å². The highest BCUT2D eigenvalue weighted by Crippen LogP contribution is 2.34. The molecule has 0 spiro atoms. The number of aromatic carboxylic acids is 1. The van der Waals surface area contributed by atoms with Gasteiger partial charge in [0, 0.05) is 17.1 Å². The van der Waals surface area contributed by atoms with E-state index in [0.717, 1.165) is 23.6 Å². The van der Waals surface area contributed by atoms with Gasteiger partial charge in [0.05, 0.1) is 11.1 Å². The summed E-state index contributed by atoms with van der Waals surface area (Å²) in [4.78, 5) is 19.0. The monoisotopic (exact) mass is 390 g/mol. The first-order valence-corrected chi connectivity index (χ1v) is 8.43. The number of fused-ring (bicyclic) bond motifs is 1. The molecule has 0 unspecified atom stereocenters. The molecule has 0 saturated heterocycles. The fraction of sp³-hybridized carbons (Fsp3) is 0.0588. The molecule has 0 radical (unpaired) electrons. The van der Waals surface area contributed by atoms with E-state index < -0.39 is 17.7 Å². The molecule has 4 aromatic rings. The summed E-state index contributed by atoms with van der Waals surface area (Å²) in [5, 5.41) is 14.9. The van der Waals surface area contributed by atoms with Gasteiger partial charge in [-0.15, -0.1) is 11.3 Å². The van der Waals surface area contributed by atoms with Gasteiger partial charge in [-0.2, -0.15) is 18.3 Å². The van der Waals surface area contributed by atoms with Gasteiger partial charge in [-0.3, -0.25) is 4.98 Å². The van der Waals surface area contributed by atoms with Gasteiger partial charge in [0.2, 0.25) is 5.13 Å². The number of rotatable bonds is 3. The summed E-state index contributed by atoms with van der Waals surface area (Å²) in [5.41, 5.74) is 0.275. The van der Waals surface area contributed by atoms with Crippen molar-refractivity contribution in [2.75, 3.05) is 0 Å². The molecule has 27 heavy (non-hydrogen) atoms. The zero-order chi connectivity index (χ0) is 19.2. The number of thiazole rings is 1. The van der Waals surface area contributed by atoms with Crippen LogP contribution in [0.1, 0.15) is 16.1 Å². The Morgan fingerprint density at radius 3 is 2.56 bits per heavy atom. The lowest BCUT2D eigenvalue weighted by Gasteiger charge is -2.06. The minimum Gasteiger partial charge on any atom is -0.476 e. The topological polar surface area (TPSA) is 80.9 Å². The number of hydrogen-bond donors (Lipinski definition) is 1. The zero-order valence-electron chi connectivity index (χ0n) is 13.3. The van der Waals surface area contributed by atoms with Crippen molar-refractivity contribution in [1.82, 2.24) is 19.7 Å². The Kier molecular flexibility index (Phi) is 3.92. The number of halogens is 3. The van der Waals surface area contributed by atoms with Gasteiger partial charge in [-0.25, -0.2) is 14.5 Å². The molecule has 0 amide bonds. The molecule has 0 bridgehead atoms. The number of carboxylic acids is 1. The lowest BCUT2D eigenvalue weighted by Crippen LogP contribution is -2.06. The Hall–Kier alpha value is -3.27. The number of nitrogens with zero attached hydrogens (tertiary/aromatic N) is 4. The Morgan fingerprint density at radius 2 is 1.93 bits per heavy atom. The van der Waals surface area contributed by atoms with Crippen LogP contribution >= 0.6 is 11.3 Å². The third-order valence-electron chi connectivity index (χ3n) is 3.79. The predicted molar refractivity (Wildman–Crippen MR) is 91.9 cm³/mol. The highest BCUT2D eigenvalue weighted by atomic mass is 32.1. The Balaban J connectivity index is 1.99. The molecule has 3 aromatic heterocycles. The smallest absolute Gasteiger partial charge is 0.417 e. The van der Waals surface area contributed by atoms with Gasteiger partial charge in [0.25, 0.3) is 0 Å². The van der Waals surface area contributed by atoms with Crippen LogP contribution in [0.15, 0.2) is 48.0 Å². The van der Waals surface area contributed by atoms with Crippen molar-refractivity contribution in [2.24, 2.45) is 0 Å². The summed E-state index contributed by atoms with van der Waals surface area (Å²) in [5.74, 6) is -1.23. The molecule has 3 heterocycles. The van der Waals surface area contributed by atoms with Crippen LogP contribution < -0.4 is 0 Å². The average Bonchev–Trinajstić information content (AvgIpc) is 3.26. The van der Waals surface area contributed by atoms with Crippen LogP contribution in [0.3, 0.4) is 0 Å². The maximum atomic E-state index is 13.1. The number of alkyl halides is 3. The van der Waals surface area contributed by atoms with Gasteiger partial charge >= 0.3 is 12.1 Å². The minimum atomic E-state index is -4.57. The van der Waals surface area contributed by atoms with E-state index in [1.54, 1.807) is 30.3 Å². The standard InChI is InChI=1S/C17H9F3N4O2S/c18-17(19,20)10-6-12-14(21-7-10)13(9-4-2-1-3-5-9)23-24(12)16-22-11(8-27-16)15(25)26/h1-8H,(H,25,26). The number of hydrogen-bond acceptors (Lipinski definition) is 5. The summed E-state index contributed by atoms with van der Waals surface area (Å²) < 4.78 is 40.6. The summed E-state index contributed by atoms with van der Waals surface area (Å²) in [6, 6.07) is 9.81. The van der Waals surface area contributed by atoms with Crippen LogP contribution in [-0.4, -0.2) is 30.8 Å². The lowest BCUT2D eigenvalue weighted by molar-refractivity contribution is -0.137. The van der Waals surface area contributed by atoms with Crippen LogP contribution in [0.2, 0.25) is 0 Å². The van der Waals surface area contributed by atoms with Crippen molar-refractivity contribution >= 4 is 28.3 Å². The summed E-state index contributed by atoms with van der Waals surface area (Å²) >= 11 is 0.967. The van der Waals surface area contributed by atoms with Gasteiger partial charge in [-0.05, 0) is 6.07 Å². The molecular weight excluding hydrogens is 381 g/mol. The minimum absolute atomic E-state index is 0.0926. The maximum Gasteiger partial charge on any atom is 0.417 e. The van der Waals surface area contributed by atoms with Crippen molar-refractivity contribution in [1.29, 1.82) is 0 Å². The van der Waals surface area contributed by atoms with Crippen molar-refractivity contribution in [2.45, 2.75) is 6.18 Å². The molecule has 0 aliphatic rings. The highest BCUT2D eigenvalue weighted by Gasteiger charge is 2.32. The lowest BCUT2D eigenvalue weighted by atomic mass is 10.1. The van der Waals surface area contributed by atoms with Gasteiger partial charge in [0.15, 0.2) is 5.69 Å². The fourth-order valence-electron chi connectivity index (χ4n) is 2.55. The molecule has 0 aliphatic heterocycles. The number of benzene rings is 1. The van der Waals surface area contributed by atoms with Crippen molar-refractivity contribution < 1.29 is 23.1 Å². The normalized spacial score (nSPS) is 11.8. The third kappa shape index (κ3) is 3.04. The number of carbonyl (C=O) groups is 1. The van der Waals surface area contributed by atoms with Gasteiger partial charge in [-0.1, -0.05) is 30.3 Å². The molecule has 4 rings (SSSR count). The number of aromatic nitrogens is 4. The van der Waals surface area contributed by atoms with Crippen LogP contribution in [0.4, 0.5) is 13.2 Å². The number of carboxylic acid groups (broad SMARTS) is 1. The first-order valence-electron chi connectivity index (χ1n) is 7.55. The van der Waals surface area contributed by atoms with E-state index >= 15 is 0 Å². The van der Waals surface area contributed by atoms with Crippen LogP contribution in [-0.2, 0) is 6.18 Å². The van der Waals surface area contributed by atoms with Crippen LogP contribution in [0.25, 0.3) is 27.4 Å². The van der Waals surface area contributed by atoms with E-state index in [-0.39, 0.29) is 21.9 Å². The van der Waals surface area contributed by atoms with E-state index in [2.05, 4.69) is 15.1 Å². The fourth-order valence-corrected chi connectivity index (χ4v) is 3.31. The second-order valence-electron chi connectivity index (χ2n) is 5.54. The molecule has 0 atom stereocenters. The quantitative estimate of drug-likeness (QED) is 0.565. The molecule has 1 aromatic carbocycles. The van der Waals surface area contributed by atoms with Crippen LogP contribution in [0.5, 0.6) is 0 Å². The first-order chi connectivity index (χ1) is 12.8. The van der Waals surface area contributed by atoms with Gasteiger partial charge < -0.3 is 5.11 Å². The van der Waals surface area contributed by atoms with E-state index in [9.17, 15) is 18.0 Å². The summed E-state index contributed by atoms with van der Waals surface area (Å²) in [6.45, 7) is 0. The molecule has 136 valence electrons. The Bertz CT molecular complexity index is 1150. The number of pyridine rings is 1. The molecule has 10 heteroatoms. The summed E-state index contributed by atoms with van der Waals surface area (Å²) in [7, 11) is 0. The molecular formula is C17H9F3N4O2S. The van der Waals surface area contributed by atoms with E-state index in [1.165, 1.54) is 10.1 Å². The average molecular weight is 390 g/mol. The van der Waals surface area contributed by atoms with Crippen molar-refractivity contribution in [3.63, 3.8) is 0 Å². The van der Waals surface area contributed by atoms with E-state index in [4.69, 9.17) is 5.11 Å². The third-order valence-corrected chi connectivity index (χ3v) is 4.60. The predicted octanol–water partition coefficient (Wildman–Crippen LogP) is 4.26. The molecule has 6 nitrogen and oxygen atoms in total. The largest absolute Gasteiger partial charge is 0.476 e. The SMILES string of the molecule is O=C(O)c1csc(-n2nc(-c3ccccc3)c3ncc(C(F)(F)F)cc32)n1. The maximum absolute atomic E-state index is 13.1. The summed E-state index contributed by atoms with van der Waals surface area (Å²) in [6.07, 6.45) is -3.82. The highest BCUT2D eigenvalue weighted by molar-refractivity contribution is 7.12. The van der Waals surface area contributed by atoms with Gasteiger partial charge in [0.1, 0.15) is 11.2 Å². The molecule has 1 N–H and O–H groups in total. The Labute approximate surface area is 153 Å². The molecule has 0 saturated carbocycles. The van der Waals surface area contributed by atoms with Crippen LogP contribution in [0, 0.1) is 0 Å². The van der Waals surface area contributed by atoms with Crippen molar-refractivity contribution in [3.8, 4) is 16.4 Å². The van der Waals surface area contributed by atoms with Crippen molar-refractivity contribution in [3.05, 3.63) is 59.2 Å². The van der Waals surface area contributed by atoms with E-state index in [0.29, 0.717) is 11.3 Å². The second kappa shape index (κ2) is 6.16. The molecule has 0 aliphatic carbocycles. The molecule has 0 fully saturated rings. The Morgan fingerprint density at radius 1 is 1.19 bits per heavy atom.